The first-order valence-electron chi connectivity index (χ1n) is 7.66. The van der Waals surface area contributed by atoms with Crippen LogP contribution in [0.3, 0.4) is 0 Å². The predicted molar refractivity (Wildman–Crippen MR) is 85.5 cm³/mol. The van der Waals surface area contributed by atoms with Gasteiger partial charge in [-0.1, -0.05) is 27.2 Å². The molecule has 1 saturated heterocycles. The molecule has 21 heavy (non-hydrogen) atoms. The van der Waals surface area contributed by atoms with Crippen LogP contribution in [0.25, 0.3) is 0 Å². The van der Waals surface area contributed by atoms with Crippen molar-refractivity contribution in [3.05, 3.63) is 16.1 Å². The number of esters is 1. The maximum atomic E-state index is 11.6. The van der Waals surface area contributed by atoms with Crippen molar-refractivity contribution in [3.8, 4) is 0 Å². The van der Waals surface area contributed by atoms with Crippen molar-refractivity contribution in [2.24, 2.45) is 0 Å². The van der Waals surface area contributed by atoms with Crippen LogP contribution in [0, 0.1) is 0 Å². The topological polar surface area (TPSA) is 42.4 Å². The summed E-state index contributed by atoms with van der Waals surface area (Å²) in [6.45, 7) is 8.46. The van der Waals surface area contributed by atoms with Gasteiger partial charge in [-0.05, 0) is 19.4 Å². The van der Waals surface area contributed by atoms with Gasteiger partial charge in [0.2, 0.25) is 0 Å². The van der Waals surface area contributed by atoms with Gasteiger partial charge in [0.25, 0.3) is 0 Å². The van der Waals surface area contributed by atoms with Crippen molar-refractivity contribution in [2.75, 3.05) is 13.7 Å². The van der Waals surface area contributed by atoms with E-state index in [4.69, 9.17) is 9.72 Å². The number of ether oxygens (including phenoxy) is 1. The highest BCUT2D eigenvalue weighted by atomic mass is 32.1. The van der Waals surface area contributed by atoms with E-state index in [0.29, 0.717) is 12.5 Å². The lowest BCUT2D eigenvalue weighted by Gasteiger charge is -2.34. The molecular formula is C16H26N2O2S. The van der Waals surface area contributed by atoms with Gasteiger partial charge in [-0.3, -0.25) is 9.69 Å². The number of carbonyl (C=O) groups excluding carboxylic acids is 1. The zero-order chi connectivity index (χ0) is 15.5. The number of carbonyl (C=O) groups is 1. The number of thiazole rings is 1. The Morgan fingerprint density at radius 3 is 2.86 bits per heavy atom. The fourth-order valence-electron chi connectivity index (χ4n) is 2.68. The van der Waals surface area contributed by atoms with Crippen molar-refractivity contribution >= 4 is 17.3 Å². The Kier molecular flexibility index (Phi) is 5.38. The second kappa shape index (κ2) is 6.88. The van der Waals surface area contributed by atoms with Gasteiger partial charge >= 0.3 is 5.97 Å². The van der Waals surface area contributed by atoms with E-state index in [1.807, 2.05) is 0 Å². The summed E-state index contributed by atoms with van der Waals surface area (Å²) in [6, 6.07) is 0.299. The Morgan fingerprint density at radius 1 is 1.48 bits per heavy atom. The smallest absolute Gasteiger partial charge is 0.307 e. The molecule has 0 amide bonds. The third-order valence-electron chi connectivity index (χ3n) is 4.04. The third-order valence-corrected chi connectivity index (χ3v) is 4.87. The summed E-state index contributed by atoms with van der Waals surface area (Å²) in [5, 5.41) is 3.31. The lowest BCUT2D eigenvalue weighted by molar-refractivity contribution is -0.142. The van der Waals surface area contributed by atoms with E-state index in [1.54, 1.807) is 11.3 Å². The lowest BCUT2D eigenvalue weighted by atomic mass is 9.93. The number of hydrogen-bond donors (Lipinski definition) is 0. The van der Waals surface area contributed by atoms with Crippen LogP contribution < -0.4 is 0 Å². The van der Waals surface area contributed by atoms with E-state index in [9.17, 15) is 4.79 Å². The summed E-state index contributed by atoms with van der Waals surface area (Å²) >= 11 is 1.73. The first-order valence-corrected chi connectivity index (χ1v) is 8.54. The molecule has 0 bridgehead atoms. The maximum Gasteiger partial charge on any atom is 0.307 e. The molecule has 1 aliphatic rings. The van der Waals surface area contributed by atoms with Crippen LogP contribution >= 0.6 is 11.3 Å². The molecule has 0 aliphatic carbocycles. The number of methoxy groups -OCH3 is 1. The first-order chi connectivity index (χ1) is 9.90. The molecule has 118 valence electrons. The Labute approximate surface area is 131 Å². The molecule has 1 aromatic rings. The van der Waals surface area contributed by atoms with Gasteiger partial charge in [-0.25, -0.2) is 4.98 Å². The fraction of sp³-hybridized carbons (Fsp3) is 0.750. The Morgan fingerprint density at radius 2 is 2.24 bits per heavy atom. The number of hydrogen-bond acceptors (Lipinski definition) is 5. The minimum absolute atomic E-state index is 0.0993. The SMILES string of the molecule is COC(=O)CC1CCCCN1Cc1nc(C(C)(C)C)cs1. The Balaban J connectivity index is 2.02. The van der Waals surface area contributed by atoms with Gasteiger partial charge in [0.05, 0.1) is 25.8 Å². The summed E-state index contributed by atoms with van der Waals surface area (Å²) in [5.74, 6) is -0.110. The molecule has 2 rings (SSSR count). The molecule has 1 aliphatic heterocycles. The van der Waals surface area contributed by atoms with Crippen LogP contribution in [0.5, 0.6) is 0 Å². The Bertz CT molecular complexity index is 479. The molecule has 4 nitrogen and oxygen atoms in total. The number of aromatic nitrogens is 1. The van der Waals surface area contributed by atoms with Gasteiger partial charge in [0.1, 0.15) is 5.01 Å². The molecule has 1 fully saturated rings. The third kappa shape index (κ3) is 4.51. The predicted octanol–water partition coefficient (Wildman–Crippen LogP) is 3.36. The van der Waals surface area contributed by atoms with Crippen molar-refractivity contribution < 1.29 is 9.53 Å². The van der Waals surface area contributed by atoms with Crippen LogP contribution in [0.2, 0.25) is 0 Å². The second-order valence-electron chi connectivity index (χ2n) is 6.78. The van der Waals surface area contributed by atoms with Gasteiger partial charge in [-0.2, -0.15) is 0 Å². The zero-order valence-corrected chi connectivity index (χ0v) is 14.3. The van der Waals surface area contributed by atoms with Crippen molar-refractivity contribution in [1.82, 2.24) is 9.88 Å². The molecule has 1 atom stereocenters. The summed E-state index contributed by atoms with van der Waals surface area (Å²) in [5.41, 5.74) is 1.26. The van der Waals surface area contributed by atoms with Crippen LogP contribution in [0.15, 0.2) is 5.38 Å². The molecule has 0 N–H and O–H groups in total. The highest BCUT2D eigenvalue weighted by Gasteiger charge is 2.26. The van der Waals surface area contributed by atoms with Gasteiger partial charge in [-0.15, -0.1) is 11.3 Å². The van der Waals surface area contributed by atoms with Crippen molar-refractivity contribution in [1.29, 1.82) is 0 Å². The van der Waals surface area contributed by atoms with Crippen LogP contribution in [-0.4, -0.2) is 35.5 Å². The molecule has 5 heteroatoms. The molecule has 0 aromatic carbocycles. The molecule has 2 heterocycles. The summed E-state index contributed by atoms with van der Waals surface area (Å²) in [6.07, 6.45) is 3.97. The second-order valence-corrected chi connectivity index (χ2v) is 7.72. The summed E-state index contributed by atoms with van der Waals surface area (Å²) < 4.78 is 4.82. The molecule has 0 saturated carbocycles. The number of piperidine rings is 1. The van der Waals surface area contributed by atoms with E-state index in [-0.39, 0.29) is 11.4 Å². The molecular weight excluding hydrogens is 284 g/mol. The van der Waals surface area contributed by atoms with Gasteiger partial charge < -0.3 is 4.74 Å². The van der Waals surface area contributed by atoms with Gasteiger partial charge in [0, 0.05) is 16.8 Å². The van der Waals surface area contributed by atoms with Crippen molar-refractivity contribution in [2.45, 2.75) is 64.5 Å². The van der Waals surface area contributed by atoms with E-state index >= 15 is 0 Å². The standard InChI is InChI=1S/C16H26N2O2S/c1-16(2,3)13-11-21-14(17-13)10-18-8-6-5-7-12(18)9-15(19)20-4/h11-12H,5-10H2,1-4H3. The Hall–Kier alpha value is -0.940. The molecule has 0 spiro atoms. The lowest BCUT2D eigenvalue weighted by Crippen LogP contribution is -2.40. The van der Waals surface area contributed by atoms with Gasteiger partial charge in [0.15, 0.2) is 0 Å². The average molecular weight is 310 g/mol. The largest absolute Gasteiger partial charge is 0.469 e. The summed E-state index contributed by atoms with van der Waals surface area (Å²) in [7, 11) is 1.46. The van der Waals surface area contributed by atoms with Crippen LogP contribution in [-0.2, 0) is 21.5 Å². The zero-order valence-electron chi connectivity index (χ0n) is 13.5. The number of rotatable bonds is 4. The van der Waals surface area contributed by atoms with Crippen LogP contribution in [0.1, 0.15) is 57.2 Å². The number of likely N-dealkylation sites (tertiary alicyclic amines) is 1. The monoisotopic (exact) mass is 310 g/mol. The van der Waals surface area contributed by atoms with E-state index < -0.39 is 0 Å². The summed E-state index contributed by atoms with van der Waals surface area (Å²) in [4.78, 5) is 18.7. The molecule has 0 radical (unpaired) electrons. The normalized spacial score (nSPS) is 20.5. The minimum Gasteiger partial charge on any atom is -0.469 e. The highest BCUT2D eigenvalue weighted by Crippen LogP contribution is 2.27. The first kappa shape index (κ1) is 16.4. The van der Waals surface area contributed by atoms with E-state index in [0.717, 1.165) is 30.2 Å². The highest BCUT2D eigenvalue weighted by molar-refractivity contribution is 7.09. The molecule has 1 unspecified atom stereocenters. The minimum atomic E-state index is -0.110. The maximum absolute atomic E-state index is 11.6. The average Bonchev–Trinajstić information content (AvgIpc) is 2.89. The van der Waals surface area contributed by atoms with Crippen LogP contribution in [0.4, 0.5) is 0 Å². The fourth-order valence-corrected chi connectivity index (χ4v) is 3.72. The van der Waals surface area contributed by atoms with Crippen molar-refractivity contribution in [3.63, 3.8) is 0 Å². The van der Waals surface area contributed by atoms with E-state index in [2.05, 4.69) is 31.1 Å². The molecule has 1 aromatic heterocycles. The van der Waals surface area contributed by atoms with E-state index in [1.165, 1.54) is 20.0 Å². The quantitative estimate of drug-likeness (QED) is 0.800. The number of nitrogens with zero attached hydrogens (tertiary/aromatic N) is 2.